The molecular weight excluding hydrogens is 407 g/mol. The summed E-state index contributed by atoms with van der Waals surface area (Å²) in [6, 6.07) is 10.2. The van der Waals surface area contributed by atoms with Gasteiger partial charge >= 0.3 is 6.18 Å². The van der Waals surface area contributed by atoms with Crippen LogP contribution in [-0.2, 0) is 17.4 Å². The minimum absolute atomic E-state index is 0. The zero-order valence-electron chi connectivity index (χ0n) is 15.5. The molecule has 0 aliphatic carbocycles. The number of hydrogen-bond donors (Lipinski definition) is 2. The number of nitrogen functional groups attached to an aromatic ring is 1. The maximum absolute atomic E-state index is 13.3. The molecule has 2 amide bonds. The second-order valence-electron chi connectivity index (χ2n) is 6.66. The first-order chi connectivity index (χ1) is 13.2. The molecule has 1 fully saturated rings. The lowest BCUT2D eigenvalue weighted by atomic mass is 10.1. The average molecular weight is 428 g/mol. The van der Waals surface area contributed by atoms with Gasteiger partial charge in [0.15, 0.2) is 0 Å². The second kappa shape index (κ2) is 9.17. The number of nitrogens with zero attached hydrogens (tertiary/aromatic N) is 1. The smallest absolute Gasteiger partial charge is 0.399 e. The highest BCUT2D eigenvalue weighted by Crippen LogP contribution is 2.34. The van der Waals surface area contributed by atoms with Gasteiger partial charge in [-0.1, -0.05) is 12.1 Å². The van der Waals surface area contributed by atoms with Crippen molar-refractivity contribution in [2.24, 2.45) is 0 Å². The number of carbonyl (C=O) groups is 2. The van der Waals surface area contributed by atoms with Crippen LogP contribution in [0.25, 0.3) is 0 Å². The van der Waals surface area contributed by atoms with Gasteiger partial charge < -0.3 is 16.0 Å². The van der Waals surface area contributed by atoms with Gasteiger partial charge in [-0.25, -0.2) is 0 Å². The Morgan fingerprint density at radius 1 is 1.14 bits per heavy atom. The third kappa shape index (κ3) is 5.63. The Morgan fingerprint density at radius 3 is 2.41 bits per heavy atom. The second-order valence-corrected chi connectivity index (χ2v) is 6.66. The van der Waals surface area contributed by atoms with Gasteiger partial charge in [0.2, 0.25) is 5.91 Å². The van der Waals surface area contributed by atoms with E-state index in [4.69, 9.17) is 5.73 Å². The van der Waals surface area contributed by atoms with Crippen LogP contribution in [-0.4, -0.2) is 24.9 Å². The van der Waals surface area contributed by atoms with Crippen LogP contribution in [0, 0.1) is 0 Å². The van der Waals surface area contributed by atoms with Crippen LogP contribution in [0.15, 0.2) is 42.5 Å². The van der Waals surface area contributed by atoms with Crippen LogP contribution in [0.2, 0.25) is 0 Å². The van der Waals surface area contributed by atoms with E-state index in [1.807, 2.05) is 12.1 Å². The molecule has 1 heterocycles. The van der Waals surface area contributed by atoms with Gasteiger partial charge in [0.05, 0.1) is 5.56 Å². The number of rotatable bonds is 5. The molecule has 1 saturated heterocycles. The van der Waals surface area contributed by atoms with Gasteiger partial charge in [-0.15, -0.1) is 12.4 Å². The normalized spacial score (nSPS) is 13.9. The van der Waals surface area contributed by atoms with Gasteiger partial charge in [-0.2, -0.15) is 13.2 Å². The van der Waals surface area contributed by atoms with Crippen LogP contribution < -0.4 is 16.0 Å². The predicted octanol–water partition coefficient (Wildman–Crippen LogP) is 3.81. The van der Waals surface area contributed by atoms with E-state index in [1.54, 1.807) is 12.1 Å². The molecule has 0 bridgehead atoms. The number of amides is 2. The van der Waals surface area contributed by atoms with E-state index in [9.17, 15) is 22.8 Å². The highest BCUT2D eigenvalue weighted by molar-refractivity contribution is 5.99. The summed E-state index contributed by atoms with van der Waals surface area (Å²) in [5.41, 5.74) is 6.21. The van der Waals surface area contributed by atoms with Crippen molar-refractivity contribution in [1.29, 1.82) is 0 Å². The first-order valence-electron chi connectivity index (χ1n) is 8.89. The highest BCUT2D eigenvalue weighted by Gasteiger charge is 2.33. The number of nitrogens with one attached hydrogen (secondary N) is 1. The fraction of sp³-hybridized carbons (Fsp3) is 0.300. The van der Waals surface area contributed by atoms with Gasteiger partial charge in [0.1, 0.15) is 0 Å². The lowest BCUT2D eigenvalue weighted by molar-refractivity contribution is -0.137. The number of carbonyl (C=O) groups excluding carboxylic acids is 2. The molecule has 5 nitrogen and oxygen atoms in total. The predicted molar refractivity (Wildman–Crippen MR) is 107 cm³/mol. The molecule has 1 aliphatic heterocycles. The van der Waals surface area contributed by atoms with Crippen molar-refractivity contribution in [3.8, 4) is 0 Å². The fourth-order valence-corrected chi connectivity index (χ4v) is 3.09. The Morgan fingerprint density at radius 2 is 1.83 bits per heavy atom. The molecule has 29 heavy (non-hydrogen) atoms. The topological polar surface area (TPSA) is 75.4 Å². The minimum Gasteiger partial charge on any atom is -0.399 e. The molecule has 3 N–H and O–H groups in total. The van der Waals surface area contributed by atoms with E-state index in [1.165, 1.54) is 11.0 Å². The van der Waals surface area contributed by atoms with E-state index in [-0.39, 0.29) is 36.1 Å². The van der Waals surface area contributed by atoms with Crippen molar-refractivity contribution in [3.63, 3.8) is 0 Å². The summed E-state index contributed by atoms with van der Waals surface area (Å²) in [7, 11) is 0. The molecule has 0 spiro atoms. The van der Waals surface area contributed by atoms with Crippen LogP contribution >= 0.6 is 12.4 Å². The Bertz CT molecular complexity index is 886. The maximum Gasteiger partial charge on any atom is 0.416 e. The molecule has 0 atom stereocenters. The number of anilines is 2. The van der Waals surface area contributed by atoms with Crippen molar-refractivity contribution in [2.75, 3.05) is 23.7 Å². The van der Waals surface area contributed by atoms with Crippen molar-refractivity contribution < 1.29 is 22.8 Å². The van der Waals surface area contributed by atoms with Crippen molar-refractivity contribution in [2.45, 2.75) is 25.4 Å². The SMILES string of the molecule is Cl.Nc1ccc(CCNC(=O)c2cc(N3CCCC3=O)cc(C(F)(F)F)c2)cc1. The molecule has 9 heteroatoms. The Kier molecular flexibility index (Phi) is 7.13. The van der Waals surface area contributed by atoms with Crippen molar-refractivity contribution in [3.05, 3.63) is 59.2 Å². The molecule has 2 aromatic rings. The molecular formula is C20H21ClF3N3O2. The average Bonchev–Trinajstić information content (AvgIpc) is 3.08. The molecule has 0 aromatic heterocycles. The quantitative estimate of drug-likeness (QED) is 0.712. The van der Waals surface area contributed by atoms with Crippen LogP contribution in [0.3, 0.4) is 0 Å². The van der Waals surface area contributed by atoms with Crippen molar-refractivity contribution >= 4 is 35.6 Å². The standard InChI is InChI=1S/C20H20F3N3O2.ClH/c21-20(22,23)15-10-14(11-17(12-15)26-9-1-2-18(26)27)19(28)25-8-7-13-3-5-16(24)6-4-13;/h3-6,10-12H,1-2,7-9,24H2,(H,25,28);1H. The Hall–Kier alpha value is -2.74. The largest absolute Gasteiger partial charge is 0.416 e. The van der Waals surface area contributed by atoms with Crippen LogP contribution in [0.4, 0.5) is 24.5 Å². The number of benzene rings is 2. The lowest BCUT2D eigenvalue weighted by Gasteiger charge is -2.19. The fourth-order valence-electron chi connectivity index (χ4n) is 3.09. The first-order valence-corrected chi connectivity index (χ1v) is 8.89. The lowest BCUT2D eigenvalue weighted by Crippen LogP contribution is -2.28. The first kappa shape index (κ1) is 22.5. The summed E-state index contributed by atoms with van der Waals surface area (Å²) < 4.78 is 39.8. The van der Waals surface area contributed by atoms with Gasteiger partial charge in [0.25, 0.3) is 5.91 Å². The summed E-state index contributed by atoms with van der Waals surface area (Å²) in [4.78, 5) is 25.6. The number of halogens is 4. The van der Waals surface area contributed by atoms with Gasteiger partial charge in [-0.05, 0) is 48.7 Å². The van der Waals surface area contributed by atoms with E-state index in [0.29, 0.717) is 31.5 Å². The van der Waals surface area contributed by atoms with E-state index < -0.39 is 17.6 Å². The summed E-state index contributed by atoms with van der Waals surface area (Å²) in [5.74, 6) is -0.858. The number of nitrogens with two attached hydrogens (primary N) is 1. The van der Waals surface area contributed by atoms with Crippen molar-refractivity contribution in [1.82, 2.24) is 5.32 Å². The van der Waals surface area contributed by atoms with E-state index in [0.717, 1.165) is 17.7 Å². The zero-order valence-corrected chi connectivity index (χ0v) is 16.3. The third-order valence-corrected chi connectivity index (χ3v) is 4.57. The van der Waals surface area contributed by atoms with E-state index in [2.05, 4.69) is 5.32 Å². The summed E-state index contributed by atoms with van der Waals surface area (Å²) in [5, 5.41) is 2.63. The molecule has 0 saturated carbocycles. The summed E-state index contributed by atoms with van der Waals surface area (Å²) in [6.45, 7) is 0.606. The summed E-state index contributed by atoms with van der Waals surface area (Å²) >= 11 is 0. The van der Waals surface area contributed by atoms with E-state index >= 15 is 0 Å². The molecule has 0 radical (unpaired) electrons. The minimum atomic E-state index is -4.61. The van der Waals surface area contributed by atoms with Crippen LogP contribution in [0.1, 0.15) is 34.3 Å². The monoisotopic (exact) mass is 427 g/mol. The van der Waals surface area contributed by atoms with Gasteiger partial charge in [0, 0.05) is 36.4 Å². The number of alkyl halides is 3. The molecule has 2 aromatic carbocycles. The molecule has 1 aliphatic rings. The molecule has 0 unspecified atom stereocenters. The molecule has 156 valence electrons. The van der Waals surface area contributed by atoms with Crippen LogP contribution in [0.5, 0.6) is 0 Å². The highest BCUT2D eigenvalue weighted by atomic mass is 35.5. The van der Waals surface area contributed by atoms with Gasteiger partial charge in [-0.3, -0.25) is 9.59 Å². The molecule has 3 rings (SSSR count). The third-order valence-electron chi connectivity index (χ3n) is 4.57. The zero-order chi connectivity index (χ0) is 20.3. The Balaban J connectivity index is 0.00000300. The summed E-state index contributed by atoms with van der Waals surface area (Å²) in [6.07, 6.45) is -3.22. The Labute approximate surface area is 172 Å². The number of hydrogen-bond acceptors (Lipinski definition) is 3. The maximum atomic E-state index is 13.3.